The zero-order valence-electron chi connectivity index (χ0n) is 10.5. The molecule has 0 bridgehead atoms. The first kappa shape index (κ1) is 11.9. The van der Waals surface area contributed by atoms with Gasteiger partial charge in [0.05, 0.1) is 6.04 Å². The van der Waals surface area contributed by atoms with Gasteiger partial charge in [0.25, 0.3) is 0 Å². The van der Waals surface area contributed by atoms with Gasteiger partial charge in [-0.15, -0.1) is 0 Å². The number of hydrogen-bond donors (Lipinski definition) is 2. The van der Waals surface area contributed by atoms with E-state index in [4.69, 9.17) is 0 Å². The average Bonchev–Trinajstić information content (AvgIpc) is 2.59. The number of hydrogen-bond acceptors (Lipinski definition) is 2. The van der Waals surface area contributed by atoms with Crippen molar-refractivity contribution < 1.29 is 4.79 Å². The van der Waals surface area contributed by atoms with Crippen LogP contribution in [0.25, 0.3) is 0 Å². The molecule has 3 nitrogen and oxygen atoms in total. The van der Waals surface area contributed by atoms with Crippen molar-refractivity contribution in [1.29, 1.82) is 0 Å². The van der Waals surface area contributed by atoms with Gasteiger partial charge in [0.1, 0.15) is 0 Å². The van der Waals surface area contributed by atoms with Crippen LogP contribution in [-0.4, -0.2) is 25.0 Å². The molecule has 0 spiro atoms. The molecule has 0 unspecified atom stereocenters. The molecule has 0 radical (unpaired) electrons. The standard InChI is InChI=1S/C13H24N2O/c1-10(2)7-13(5-3-4-6-13)12(16)15-11-8-14-9-11/h10-11,14H,3-9H2,1-2H3,(H,15,16). The van der Waals surface area contributed by atoms with Crippen LogP contribution in [0.4, 0.5) is 0 Å². The van der Waals surface area contributed by atoms with Crippen molar-refractivity contribution in [2.45, 2.75) is 52.0 Å². The summed E-state index contributed by atoms with van der Waals surface area (Å²) >= 11 is 0. The molecule has 1 aliphatic heterocycles. The van der Waals surface area contributed by atoms with E-state index in [-0.39, 0.29) is 5.41 Å². The molecule has 0 aromatic heterocycles. The zero-order valence-corrected chi connectivity index (χ0v) is 10.5. The van der Waals surface area contributed by atoms with Gasteiger partial charge in [0, 0.05) is 18.5 Å². The lowest BCUT2D eigenvalue weighted by Gasteiger charge is -2.35. The summed E-state index contributed by atoms with van der Waals surface area (Å²) in [5, 5.41) is 6.40. The van der Waals surface area contributed by atoms with Crippen molar-refractivity contribution in [1.82, 2.24) is 10.6 Å². The fourth-order valence-corrected chi connectivity index (χ4v) is 3.09. The van der Waals surface area contributed by atoms with Crippen LogP contribution < -0.4 is 10.6 Å². The molecule has 1 saturated heterocycles. The maximum absolute atomic E-state index is 12.4. The Balaban J connectivity index is 1.96. The molecule has 3 heteroatoms. The van der Waals surface area contributed by atoms with E-state index in [2.05, 4.69) is 24.5 Å². The van der Waals surface area contributed by atoms with E-state index in [1.165, 1.54) is 12.8 Å². The van der Waals surface area contributed by atoms with E-state index >= 15 is 0 Å². The highest BCUT2D eigenvalue weighted by Crippen LogP contribution is 2.43. The van der Waals surface area contributed by atoms with E-state index in [1.54, 1.807) is 0 Å². The predicted octanol–water partition coefficient (Wildman–Crippen LogP) is 1.68. The zero-order chi connectivity index (χ0) is 11.6. The highest BCUT2D eigenvalue weighted by Gasteiger charge is 2.42. The van der Waals surface area contributed by atoms with E-state index in [1.807, 2.05) is 0 Å². The van der Waals surface area contributed by atoms with Crippen LogP contribution in [-0.2, 0) is 4.79 Å². The van der Waals surface area contributed by atoms with E-state index in [9.17, 15) is 4.79 Å². The van der Waals surface area contributed by atoms with Crippen molar-refractivity contribution in [3.63, 3.8) is 0 Å². The summed E-state index contributed by atoms with van der Waals surface area (Å²) in [6.45, 7) is 6.34. The van der Waals surface area contributed by atoms with Crippen LogP contribution in [0.2, 0.25) is 0 Å². The summed E-state index contributed by atoms with van der Waals surface area (Å²) in [7, 11) is 0. The van der Waals surface area contributed by atoms with E-state index in [0.29, 0.717) is 17.9 Å². The minimum atomic E-state index is -0.0379. The van der Waals surface area contributed by atoms with Crippen LogP contribution in [0, 0.1) is 11.3 Å². The highest BCUT2D eigenvalue weighted by molar-refractivity contribution is 5.83. The fraction of sp³-hybridized carbons (Fsp3) is 0.923. The number of carbonyl (C=O) groups is 1. The first-order valence-corrected chi connectivity index (χ1v) is 6.64. The molecule has 2 fully saturated rings. The summed E-state index contributed by atoms with van der Waals surface area (Å²) in [6, 6.07) is 0.386. The van der Waals surface area contributed by atoms with E-state index < -0.39 is 0 Å². The third kappa shape index (κ3) is 2.40. The van der Waals surface area contributed by atoms with Gasteiger partial charge in [0.2, 0.25) is 5.91 Å². The third-order valence-corrected chi connectivity index (χ3v) is 3.96. The smallest absolute Gasteiger partial charge is 0.226 e. The molecule has 1 aliphatic carbocycles. The minimum Gasteiger partial charge on any atom is -0.350 e. The molecule has 1 saturated carbocycles. The number of nitrogens with one attached hydrogen (secondary N) is 2. The van der Waals surface area contributed by atoms with Gasteiger partial charge >= 0.3 is 0 Å². The van der Waals surface area contributed by atoms with Gasteiger partial charge in [-0.2, -0.15) is 0 Å². The minimum absolute atomic E-state index is 0.0379. The van der Waals surface area contributed by atoms with Gasteiger partial charge in [-0.3, -0.25) is 4.79 Å². The molecule has 0 aromatic rings. The first-order chi connectivity index (χ1) is 7.62. The Morgan fingerprint density at radius 3 is 2.44 bits per heavy atom. The molecule has 0 aromatic carbocycles. The Morgan fingerprint density at radius 2 is 2.00 bits per heavy atom. The molecule has 2 rings (SSSR count). The van der Waals surface area contributed by atoms with Gasteiger partial charge in [0.15, 0.2) is 0 Å². The lowest BCUT2D eigenvalue weighted by Crippen LogP contribution is -2.59. The van der Waals surface area contributed by atoms with Crippen molar-refractivity contribution in [2.75, 3.05) is 13.1 Å². The first-order valence-electron chi connectivity index (χ1n) is 6.64. The second-order valence-corrected chi connectivity index (χ2v) is 5.91. The number of amides is 1. The molecule has 0 atom stereocenters. The van der Waals surface area contributed by atoms with Crippen LogP contribution in [0.5, 0.6) is 0 Å². The van der Waals surface area contributed by atoms with Crippen molar-refractivity contribution in [3.8, 4) is 0 Å². The third-order valence-electron chi connectivity index (χ3n) is 3.96. The molecule has 1 heterocycles. The Hall–Kier alpha value is -0.570. The monoisotopic (exact) mass is 224 g/mol. The summed E-state index contributed by atoms with van der Waals surface area (Å²) in [5.41, 5.74) is -0.0379. The molecule has 2 aliphatic rings. The Morgan fingerprint density at radius 1 is 1.38 bits per heavy atom. The molecule has 1 amide bonds. The van der Waals surface area contributed by atoms with Gasteiger partial charge < -0.3 is 10.6 Å². The van der Waals surface area contributed by atoms with E-state index in [0.717, 1.165) is 32.4 Å². The lowest BCUT2D eigenvalue weighted by molar-refractivity contribution is -0.132. The quantitative estimate of drug-likeness (QED) is 0.763. The number of rotatable bonds is 4. The molecule has 16 heavy (non-hydrogen) atoms. The molecular formula is C13H24N2O. The summed E-state index contributed by atoms with van der Waals surface area (Å²) in [4.78, 5) is 12.4. The maximum atomic E-state index is 12.4. The largest absolute Gasteiger partial charge is 0.350 e. The Bertz CT molecular complexity index is 253. The number of carbonyl (C=O) groups excluding carboxylic acids is 1. The molecule has 92 valence electrons. The normalized spacial score (nSPS) is 24.4. The average molecular weight is 224 g/mol. The van der Waals surface area contributed by atoms with Gasteiger partial charge in [-0.25, -0.2) is 0 Å². The maximum Gasteiger partial charge on any atom is 0.226 e. The topological polar surface area (TPSA) is 41.1 Å². The van der Waals surface area contributed by atoms with Crippen molar-refractivity contribution in [2.24, 2.45) is 11.3 Å². The molecule has 2 N–H and O–H groups in total. The lowest BCUT2D eigenvalue weighted by atomic mass is 9.77. The Labute approximate surface area is 98.4 Å². The second-order valence-electron chi connectivity index (χ2n) is 5.91. The molecular weight excluding hydrogens is 200 g/mol. The van der Waals surface area contributed by atoms with Gasteiger partial charge in [-0.1, -0.05) is 26.7 Å². The van der Waals surface area contributed by atoms with Crippen molar-refractivity contribution in [3.05, 3.63) is 0 Å². The summed E-state index contributed by atoms with van der Waals surface area (Å²) < 4.78 is 0. The predicted molar refractivity (Wildman–Crippen MR) is 65.2 cm³/mol. The van der Waals surface area contributed by atoms with Gasteiger partial charge in [-0.05, 0) is 25.2 Å². The van der Waals surface area contributed by atoms with Crippen LogP contribution in [0.15, 0.2) is 0 Å². The van der Waals surface area contributed by atoms with Crippen LogP contribution >= 0.6 is 0 Å². The second kappa shape index (κ2) is 4.74. The fourth-order valence-electron chi connectivity index (χ4n) is 3.09. The highest BCUT2D eigenvalue weighted by atomic mass is 16.2. The van der Waals surface area contributed by atoms with Crippen molar-refractivity contribution >= 4 is 5.91 Å². The summed E-state index contributed by atoms with van der Waals surface area (Å²) in [5.74, 6) is 0.938. The van der Waals surface area contributed by atoms with Crippen LogP contribution in [0.3, 0.4) is 0 Å². The SMILES string of the molecule is CC(C)CC1(C(=O)NC2CNC2)CCCC1. The Kier molecular flexibility index (Phi) is 3.53. The summed E-state index contributed by atoms with van der Waals surface area (Å²) in [6.07, 6.45) is 5.69. The van der Waals surface area contributed by atoms with Crippen LogP contribution in [0.1, 0.15) is 46.0 Å².